The second-order valence-electron chi connectivity index (χ2n) is 20.2. The van der Waals surface area contributed by atoms with Gasteiger partial charge in [-0.3, -0.25) is 0 Å². The van der Waals surface area contributed by atoms with Gasteiger partial charge in [-0.1, -0.05) is 410 Å². The molecule has 0 bridgehead atoms. The first-order chi connectivity index (χ1) is 49.2. The first kappa shape index (κ1) is 104. The summed E-state index contributed by atoms with van der Waals surface area (Å²) >= 11 is 0. The fourth-order valence-corrected chi connectivity index (χ4v) is 7.89. The van der Waals surface area contributed by atoms with Gasteiger partial charge in [0.2, 0.25) is 0 Å². The molecular formula is C99H144O3. The lowest BCUT2D eigenvalue weighted by Gasteiger charge is -2.08. The third-order valence-corrected chi connectivity index (χ3v) is 12.9. The molecule has 0 amide bonds. The Bertz CT molecular complexity index is 3250. The molecule has 0 aliphatic heterocycles. The van der Waals surface area contributed by atoms with Gasteiger partial charge in [0, 0.05) is 0 Å². The number of hydrogen-bond donors (Lipinski definition) is 0. The third kappa shape index (κ3) is 47.0. The smallest absolute Gasteiger partial charge is 0.127 e. The molecule has 0 aliphatic rings. The standard InChI is InChI=1S/C20H18O2.C20H18.C14H14O.C14H14.C8H10.11C2H6.CH4/c1-15-3-7-17(8-4-15)21-19-11-13-20(14-12-19)22-18-9-5-16(2)6-10-18;1-15-3-7-17(8-4-15)19-11-13-20(14-12-19)18-9-5-16(2)6-10-18;1-11-3-7-13(8-4-11)15-14-9-5-12(2)6-10-14;1-11-3-7-13(8-4-11)14-9-5-12(2)6-10-14;1-7-3-5-8(2)6-4-7;11*1-2;/h3-14H,1-2H3;3-14H,1-2H3;3-10H,1-2H3;3-10H,1-2H3;3-6H,1-2H3;11*1-2H3;1H4. The molecule has 3 nitrogen and oxygen atoms in total. The molecule has 11 aromatic rings. The zero-order valence-electron chi connectivity index (χ0n) is 69.6. The summed E-state index contributed by atoms with van der Waals surface area (Å²) in [4.78, 5) is 0. The highest BCUT2D eigenvalue weighted by Gasteiger charge is 2.03. The van der Waals surface area contributed by atoms with E-state index in [2.05, 4.69) is 215 Å². The van der Waals surface area contributed by atoms with Crippen LogP contribution in [0.4, 0.5) is 0 Å². The van der Waals surface area contributed by atoms with Crippen LogP contribution in [0.1, 0.15) is 215 Å². The van der Waals surface area contributed by atoms with E-state index < -0.39 is 0 Å². The summed E-state index contributed by atoms with van der Waals surface area (Å²) in [6, 6.07) is 91.6. The lowest BCUT2D eigenvalue weighted by molar-refractivity contribution is 0.469. The average molecular weight is 1380 g/mol. The predicted octanol–water partition coefficient (Wildman–Crippen LogP) is 33.8. The van der Waals surface area contributed by atoms with Crippen molar-refractivity contribution in [2.24, 2.45) is 0 Å². The molecule has 0 saturated heterocycles. The van der Waals surface area contributed by atoms with Crippen molar-refractivity contribution in [3.63, 3.8) is 0 Å². The lowest BCUT2D eigenvalue weighted by Crippen LogP contribution is -1.86. The van der Waals surface area contributed by atoms with Gasteiger partial charge in [0.25, 0.3) is 0 Å². The Morgan fingerprint density at radius 1 is 0.118 bits per heavy atom. The quantitative estimate of drug-likeness (QED) is 0.144. The van der Waals surface area contributed by atoms with Crippen LogP contribution in [0.25, 0.3) is 33.4 Å². The van der Waals surface area contributed by atoms with Gasteiger partial charge in [-0.2, -0.15) is 0 Å². The molecule has 0 aromatic heterocycles. The average Bonchev–Trinajstić information content (AvgIpc) is 0.857. The van der Waals surface area contributed by atoms with Gasteiger partial charge >= 0.3 is 0 Å². The van der Waals surface area contributed by atoms with Crippen LogP contribution in [0.15, 0.2) is 267 Å². The molecule has 11 rings (SSSR count). The molecule has 102 heavy (non-hydrogen) atoms. The molecule has 0 unspecified atom stereocenters. The maximum absolute atomic E-state index is 5.80. The Morgan fingerprint density at radius 2 is 0.186 bits per heavy atom. The fourth-order valence-electron chi connectivity index (χ4n) is 7.89. The molecule has 0 radical (unpaired) electrons. The topological polar surface area (TPSA) is 27.7 Å². The summed E-state index contributed by atoms with van der Waals surface area (Å²) in [5, 5.41) is 0. The van der Waals surface area contributed by atoms with E-state index in [1.165, 1.54) is 89.0 Å². The minimum atomic E-state index is 0. The summed E-state index contributed by atoms with van der Waals surface area (Å²) in [5.41, 5.74) is 20.4. The molecule has 0 spiro atoms. The molecular weight excluding hydrogens is 1240 g/mol. The minimum Gasteiger partial charge on any atom is -0.457 e. The largest absolute Gasteiger partial charge is 0.457 e. The molecule has 0 atom stereocenters. The highest BCUT2D eigenvalue weighted by Crippen LogP contribution is 2.29. The molecule has 11 aromatic carbocycles. The first-order valence-corrected chi connectivity index (χ1v) is 38.0. The fraction of sp³-hybridized carbons (Fsp3) is 0.333. The van der Waals surface area contributed by atoms with Gasteiger partial charge in [-0.25, -0.2) is 0 Å². The summed E-state index contributed by atoms with van der Waals surface area (Å²) in [5.74, 6) is 5.00. The van der Waals surface area contributed by atoms with Crippen molar-refractivity contribution in [1.82, 2.24) is 0 Å². The van der Waals surface area contributed by atoms with E-state index in [9.17, 15) is 0 Å². The second kappa shape index (κ2) is 70.3. The van der Waals surface area contributed by atoms with E-state index in [1.54, 1.807) is 0 Å². The van der Waals surface area contributed by atoms with E-state index in [4.69, 9.17) is 14.2 Å². The van der Waals surface area contributed by atoms with Crippen LogP contribution in [-0.2, 0) is 0 Å². The Hall–Kier alpha value is -9.18. The normalized spacial score (nSPS) is 8.51. The summed E-state index contributed by atoms with van der Waals surface area (Å²) in [6.07, 6.45) is 0. The molecule has 0 fully saturated rings. The van der Waals surface area contributed by atoms with E-state index >= 15 is 0 Å². The molecule has 0 saturated carbocycles. The van der Waals surface area contributed by atoms with Gasteiger partial charge < -0.3 is 14.2 Å². The van der Waals surface area contributed by atoms with Crippen LogP contribution in [-0.4, -0.2) is 0 Å². The minimum absolute atomic E-state index is 0. The van der Waals surface area contributed by atoms with Crippen molar-refractivity contribution < 1.29 is 14.2 Å². The predicted molar refractivity (Wildman–Crippen MR) is 467 cm³/mol. The lowest BCUT2D eigenvalue weighted by atomic mass is 9.99. The maximum atomic E-state index is 5.80. The number of benzene rings is 11. The van der Waals surface area contributed by atoms with Crippen LogP contribution >= 0.6 is 0 Å². The summed E-state index contributed by atoms with van der Waals surface area (Å²) in [7, 11) is 0. The van der Waals surface area contributed by atoms with Gasteiger partial charge in [0.15, 0.2) is 0 Å². The van der Waals surface area contributed by atoms with Crippen LogP contribution in [0.3, 0.4) is 0 Å². The van der Waals surface area contributed by atoms with Gasteiger partial charge in [0.1, 0.15) is 34.5 Å². The van der Waals surface area contributed by atoms with Crippen LogP contribution < -0.4 is 14.2 Å². The van der Waals surface area contributed by atoms with Crippen molar-refractivity contribution in [1.29, 1.82) is 0 Å². The number of aryl methyl sites for hydroxylation is 10. The van der Waals surface area contributed by atoms with Crippen LogP contribution in [0.5, 0.6) is 34.5 Å². The first-order valence-electron chi connectivity index (χ1n) is 38.0. The summed E-state index contributed by atoms with van der Waals surface area (Å²) < 4.78 is 17.3. The zero-order chi connectivity index (χ0) is 77.9. The SMILES string of the molecule is C.CC.CC.CC.CC.CC.CC.CC.CC.CC.CC.CC.Cc1ccc(-c2ccc(-c3ccc(C)cc3)cc2)cc1.Cc1ccc(-c2ccc(C)cc2)cc1.Cc1ccc(C)cc1.Cc1ccc(Oc2ccc(C)cc2)cc1.Cc1ccc(Oc2ccc(Oc3ccc(C)cc3)cc2)cc1. The van der Waals surface area contributed by atoms with E-state index in [1.807, 2.05) is 274 Å². The van der Waals surface area contributed by atoms with Gasteiger partial charge in [0.05, 0.1) is 0 Å². The molecule has 0 aliphatic carbocycles. The molecule has 0 heterocycles. The monoisotopic (exact) mass is 1380 g/mol. The molecule has 558 valence electrons. The van der Waals surface area contributed by atoms with Crippen LogP contribution in [0.2, 0.25) is 0 Å². The summed E-state index contributed by atoms with van der Waals surface area (Å²) in [6.45, 7) is 64.9. The van der Waals surface area contributed by atoms with Gasteiger partial charge in [-0.15, -0.1) is 0 Å². The molecule has 0 N–H and O–H groups in total. The van der Waals surface area contributed by atoms with Crippen molar-refractivity contribution in [3.05, 3.63) is 323 Å². The number of rotatable bonds is 9. The van der Waals surface area contributed by atoms with E-state index in [-0.39, 0.29) is 7.43 Å². The van der Waals surface area contributed by atoms with Crippen molar-refractivity contribution in [2.75, 3.05) is 0 Å². The third-order valence-electron chi connectivity index (χ3n) is 12.9. The van der Waals surface area contributed by atoms with Crippen molar-refractivity contribution in [2.45, 2.75) is 229 Å². The van der Waals surface area contributed by atoms with Crippen molar-refractivity contribution in [3.8, 4) is 67.9 Å². The highest BCUT2D eigenvalue weighted by atomic mass is 16.5. The van der Waals surface area contributed by atoms with E-state index in [0.29, 0.717) is 0 Å². The Labute approximate surface area is 629 Å². The van der Waals surface area contributed by atoms with Gasteiger partial charge in [-0.05, 0) is 175 Å². The zero-order valence-corrected chi connectivity index (χ0v) is 69.6. The maximum Gasteiger partial charge on any atom is 0.127 e. The number of ether oxygens (including phenoxy) is 3. The number of hydrogen-bond acceptors (Lipinski definition) is 3. The Kier molecular flexibility index (Phi) is 71.5. The van der Waals surface area contributed by atoms with Crippen molar-refractivity contribution >= 4 is 0 Å². The Balaban J connectivity index is -0.000000268. The Morgan fingerprint density at radius 3 is 0.294 bits per heavy atom. The van der Waals surface area contributed by atoms with E-state index in [0.717, 1.165) is 34.5 Å². The van der Waals surface area contributed by atoms with Crippen LogP contribution in [0, 0.1) is 69.2 Å². The second-order valence-corrected chi connectivity index (χ2v) is 20.2. The molecule has 3 heteroatoms. The highest BCUT2D eigenvalue weighted by molar-refractivity contribution is 5.71.